The molecule has 0 bridgehead atoms. The van der Waals surface area contributed by atoms with Crippen LogP contribution in [0.2, 0.25) is 0 Å². The highest BCUT2D eigenvalue weighted by atomic mass is 19.4. The number of carbonyl (C=O) groups excluding carboxylic acids is 3. The summed E-state index contributed by atoms with van der Waals surface area (Å²) in [5.74, 6) is -26.7. The van der Waals surface area contributed by atoms with E-state index in [0.29, 0.717) is 5.56 Å². The molecule has 0 radical (unpaired) electrons. The molecule has 3 aromatic carbocycles. The van der Waals surface area contributed by atoms with Gasteiger partial charge in [0.25, 0.3) is 0 Å². The molecule has 3 aromatic rings. The largest absolute Gasteiger partial charge is 0.459 e. The maximum atomic E-state index is 14.1. The Morgan fingerprint density at radius 1 is 0.593 bits per heavy atom. The molecule has 0 unspecified atom stereocenters. The molecule has 4 rings (SSSR count). The molecule has 1 aliphatic rings. The Balaban J connectivity index is 1.51. The van der Waals surface area contributed by atoms with Crippen LogP contribution in [-0.4, -0.2) is 72.7 Å². The zero-order chi connectivity index (χ0) is 44.4. The topological polar surface area (TPSA) is 93.7 Å². The zero-order valence-corrected chi connectivity index (χ0v) is 30.7. The van der Waals surface area contributed by atoms with E-state index < -0.39 is 104 Å². The first-order chi connectivity index (χ1) is 27.1. The fourth-order valence-electron chi connectivity index (χ4n) is 5.98. The zero-order valence-electron chi connectivity index (χ0n) is 30.7. The highest BCUT2D eigenvalue weighted by Gasteiger charge is 2.73. The van der Waals surface area contributed by atoms with Crippen LogP contribution in [0.4, 0.5) is 66.3 Å². The van der Waals surface area contributed by atoms with Crippen molar-refractivity contribution in [2.45, 2.75) is 100 Å². The van der Waals surface area contributed by atoms with Gasteiger partial charge in [-0.3, -0.25) is 4.79 Å². The van der Waals surface area contributed by atoms with Gasteiger partial charge in [0.2, 0.25) is 5.91 Å². The van der Waals surface area contributed by atoms with Gasteiger partial charge in [0.15, 0.2) is 0 Å². The Morgan fingerprint density at radius 2 is 1.05 bits per heavy atom. The third-order valence-corrected chi connectivity index (χ3v) is 9.40. The predicted molar refractivity (Wildman–Crippen MR) is 180 cm³/mol. The molecule has 2 N–H and O–H groups in total. The molecular weight excluding hydrogens is 830 g/mol. The quantitative estimate of drug-likeness (QED) is 0.111. The van der Waals surface area contributed by atoms with Gasteiger partial charge in [-0.15, -0.1) is 0 Å². The lowest BCUT2D eigenvalue weighted by Gasteiger charge is -2.28. The summed E-state index contributed by atoms with van der Waals surface area (Å²) in [5, 5.41) is 4.51. The van der Waals surface area contributed by atoms with Gasteiger partial charge in [0.05, 0.1) is 0 Å². The first kappa shape index (κ1) is 46.6. The Kier molecular flexibility index (Phi) is 13.6. The van der Waals surface area contributed by atoms with Gasteiger partial charge in [0, 0.05) is 18.8 Å². The van der Waals surface area contributed by atoms with Crippen molar-refractivity contribution < 1.29 is 85.3 Å². The minimum Gasteiger partial charge on any atom is -0.459 e. The highest BCUT2D eigenvalue weighted by molar-refractivity contribution is 5.89. The maximum Gasteiger partial charge on any atom is 0.459 e. The van der Waals surface area contributed by atoms with Crippen LogP contribution in [0.25, 0.3) is 11.1 Å². The average Bonchev–Trinajstić information content (AvgIpc) is 3.45. The third-order valence-electron chi connectivity index (χ3n) is 9.40. The standard InChI is InChI=1S/C38H34F14N2O5/c1-20(30(55)53-21(2)31(56)58-18-24-6-4-3-5-7-24)54-32(57)59-19-29-27-16-22(12-14-33(39,40)35(43,44)37(47,48)49)8-10-25(27)26-11-9-23(17-28(26)29)13-15-34(41,42)36(45,46)38(50,51)52/h3-11,16-17,20-21,29H,12-15,18-19H2,1-2H3,(H,53,55)(H,54,57)/t20-,21-/m0/s1. The van der Waals surface area contributed by atoms with Crippen molar-refractivity contribution in [1.82, 2.24) is 10.6 Å². The van der Waals surface area contributed by atoms with E-state index in [1.807, 2.05) is 0 Å². The van der Waals surface area contributed by atoms with Crippen molar-refractivity contribution in [1.29, 1.82) is 0 Å². The maximum absolute atomic E-state index is 14.1. The number of carbonyl (C=O) groups is 3. The van der Waals surface area contributed by atoms with E-state index in [1.54, 1.807) is 30.3 Å². The number of rotatable bonds is 16. The van der Waals surface area contributed by atoms with E-state index >= 15 is 0 Å². The number of alkyl carbamates (subject to hydrolysis) is 1. The number of aryl methyl sites for hydroxylation is 2. The Labute approximate surface area is 326 Å². The Bertz CT molecular complexity index is 1900. The van der Waals surface area contributed by atoms with Crippen LogP contribution in [0.15, 0.2) is 66.7 Å². The number of fused-ring (bicyclic) bond motifs is 3. The minimum absolute atomic E-state index is 0.0934. The summed E-state index contributed by atoms with van der Waals surface area (Å²) in [6.07, 6.45) is -20.4. The van der Waals surface area contributed by atoms with Crippen LogP contribution >= 0.6 is 0 Å². The normalized spacial score (nSPS) is 14.8. The van der Waals surface area contributed by atoms with Crippen LogP contribution in [0.1, 0.15) is 60.4 Å². The van der Waals surface area contributed by atoms with Crippen LogP contribution in [0.3, 0.4) is 0 Å². The fraction of sp³-hybridized carbons (Fsp3) is 0.447. The first-order valence-electron chi connectivity index (χ1n) is 17.4. The van der Waals surface area contributed by atoms with Crippen LogP contribution in [-0.2, 0) is 38.5 Å². The summed E-state index contributed by atoms with van der Waals surface area (Å²) in [6.45, 7) is 1.70. The molecule has 0 saturated carbocycles. The second-order valence-corrected chi connectivity index (χ2v) is 13.7. The van der Waals surface area contributed by atoms with Crippen molar-refractivity contribution in [3.8, 4) is 11.1 Å². The number of hydrogen-bond donors (Lipinski definition) is 2. The molecule has 0 fully saturated rings. The van der Waals surface area contributed by atoms with E-state index in [2.05, 4.69) is 10.6 Å². The number of benzene rings is 3. The lowest BCUT2D eigenvalue weighted by molar-refractivity contribution is -0.355. The molecule has 7 nitrogen and oxygen atoms in total. The van der Waals surface area contributed by atoms with Crippen molar-refractivity contribution in [3.63, 3.8) is 0 Å². The smallest absolute Gasteiger partial charge is 0.459 e. The number of alkyl halides is 14. The summed E-state index contributed by atoms with van der Waals surface area (Å²) < 4.78 is 197. The molecule has 2 amide bonds. The van der Waals surface area contributed by atoms with Crippen LogP contribution in [0, 0.1) is 0 Å². The summed E-state index contributed by atoms with van der Waals surface area (Å²) in [7, 11) is 0. The summed E-state index contributed by atoms with van der Waals surface area (Å²) in [4.78, 5) is 37.9. The van der Waals surface area contributed by atoms with Crippen molar-refractivity contribution in [2.75, 3.05) is 6.61 Å². The number of hydrogen-bond acceptors (Lipinski definition) is 5. The van der Waals surface area contributed by atoms with Crippen molar-refractivity contribution >= 4 is 18.0 Å². The average molecular weight is 865 g/mol. The van der Waals surface area contributed by atoms with Crippen LogP contribution < -0.4 is 10.6 Å². The SMILES string of the molecule is C[C@H](NC(=O)OCC1c2cc(CCC(F)(F)C(F)(F)C(F)(F)F)ccc2-c2ccc(CCC(F)(F)C(F)(F)C(F)(F)F)cc21)C(=O)N[C@@H](C)C(=O)OCc1ccccc1. The molecule has 59 heavy (non-hydrogen) atoms. The summed E-state index contributed by atoms with van der Waals surface area (Å²) >= 11 is 0. The predicted octanol–water partition coefficient (Wildman–Crippen LogP) is 9.69. The van der Waals surface area contributed by atoms with E-state index in [1.165, 1.54) is 26.0 Å². The number of ether oxygens (including phenoxy) is 2. The number of nitrogens with one attached hydrogen (secondary N) is 2. The monoisotopic (exact) mass is 864 g/mol. The molecule has 0 spiro atoms. The van der Waals surface area contributed by atoms with Gasteiger partial charge in [-0.1, -0.05) is 66.7 Å². The molecule has 324 valence electrons. The van der Waals surface area contributed by atoms with Crippen molar-refractivity contribution in [3.05, 3.63) is 94.5 Å². The Morgan fingerprint density at radius 3 is 1.49 bits per heavy atom. The second kappa shape index (κ2) is 17.2. The fourth-order valence-corrected chi connectivity index (χ4v) is 5.98. The first-order valence-corrected chi connectivity index (χ1v) is 17.4. The molecule has 0 saturated heterocycles. The molecule has 0 aliphatic heterocycles. The van der Waals surface area contributed by atoms with E-state index in [9.17, 15) is 75.8 Å². The Hall–Kier alpha value is -5.11. The molecular formula is C38H34F14N2O5. The molecule has 21 heteroatoms. The van der Waals surface area contributed by atoms with Gasteiger partial charge in [-0.05, 0) is 65.6 Å². The highest BCUT2D eigenvalue weighted by Crippen LogP contribution is 2.51. The molecule has 2 atom stereocenters. The summed E-state index contributed by atoms with van der Waals surface area (Å²) in [6, 6.07) is 13.0. The van der Waals surface area contributed by atoms with E-state index in [4.69, 9.17) is 9.47 Å². The van der Waals surface area contributed by atoms with Gasteiger partial charge in [-0.2, -0.15) is 61.5 Å². The molecule has 0 aromatic heterocycles. The van der Waals surface area contributed by atoms with Gasteiger partial charge in [-0.25, -0.2) is 9.59 Å². The second-order valence-electron chi connectivity index (χ2n) is 13.7. The number of amides is 2. The molecule has 1 aliphatic carbocycles. The lowest BCUT2D eigenvalue weighted by atomic mass is 9.93. The van der Waals surface area contributed by atoms with Gasteiger partial charge >= 0.3 is 48.1 Å². The van der Waals surface area contributed by atoms with Gasteiger partial charge < -0.3 is 20.1 Å². The van der Waals surface area contributed by atoms with E-state index in [-0.39, 0.29) is 40.0 Å². The van der Waals surface area contributed by atoms with Crippen LogP contribution in [0.5, 0.6) is 0 Å². The lowest BCUT2D eigenvalue weighted by Crippen LogP contribution is -2.52. The van der Waals surface area contributed by atoms with E-state index in [0.717, 1.165) is 24.3 Å². The van der Waals surface area contributed by atoms with Gasteiger partial charge in [0.1, 0.15) is 25.3 Å². The third kappa shape index (κ3) is 10.4. The number of halogens is 14. The number of esters is 1. The molecule has 0 heterocycles. The minimum atomic E-state index is -6.58. The summed E-state index contributed by atoms with van der Waals surface area (Å²) in [5.41, 5.74) is 0.945. The van der Waals surface area contributed by atoms with Crippen molar-refractivity contribution in [2.24, 2.45) is 0 Å².